The van der Waals surface area contributed by atoms with Gasteiger partial charge in [-0.05, 0) is 42.8 Å². The van der Waals surface area contributed by atoms with Crippen LogP contribution in [0, 0.1) is 12.7 Å². The number of hydrogen-bond donors (Lipinski definition) is 1. The zero-order valence-electron chi connectivity index (χ0n) is 15.8. The molecule has 1 fully saturated rings. The molecule has 0 atom stereocenters. The van der Waals surface area contributed by atoms with Gasteiger partial charge in [-0.25, -0.2) is 14.4 Å². The van der Waals surface area contributed by atoms with E-state index in [1.54, 1.807) is 6.20 Å². The van der Waals surface area contributed by atoms with E-state index in [0.717, 1.165) is 54.9 Å². The molecule has 0 spiro atoms. The Balaban J connectivity index is 1.40. The predicted octanol–water partition coefficient (Wildman–Crippen LogP) is 3.26. The third-order valence-corrected chi connectivity index (χ3v) is 4.82. The van der Waals surface area contributed by atoms with E-state index < -0.39 is 0 Å². The van der Waals surface area contributed by atoms with Crippen molar-refractivity contribution in [1.29, 1.82) is 0 Å². The fourth-order valence-corrected chi connectivity index (χ4v) is 3.35. The first kappa shape index (κ1) is 18.2. The molecule has 1 aromatic carbocycles. The minimum Gasteiger partial charge on any atom is -0.368 e. The van der Waals surface area contributed by atoms with Crippen molar-refractivity contribution in [3.05, 3.63) is 72.1 Å². The van der Waals surface area contributed by atoms with E-state index in [2.05, 4.69) is 30.1 Å². The van der Waals surface area contributed by atoms with Crippen LogP contribution in [0.15, 0.2) is 54.9 Å². The Morgan fingerprint density at radius 2 is 1.75 bits per heavy atom. The maximum atomic E-state index is 13.1. The Bertz CT molecular complexity index is 908. The monoisotopic (exact) mass is 378 g/mol. The molecule has 3 heterocycles. The van der Waals surface area contributed by atoms with E-state index in [0.29, 0.717) is 6.54 Å². The van der Waals surface area contributed by atoms with E-state index >= 15 is 0 Å². The van der Waals surface area contributed by atoms with Crippen molar-refractivity contribution < 1.29 is 4.39 Å². The van der Waals surface area contributed by atoms with Crippen LogP contribution in [0.1, 0.15) is 11.4 Å². The summed E-state index contributed by atoms with van der Waals surface area (Å²) in [4.78, 5) is 17.8. The minimum absolute atomic E-state index is 0.204. The average Bonchev–Trinajstić information content (AvgIpc) is 2.73. The van der Waals surface area contributed by atoms with Crippen LogP contribution in [0.4, 0.5) is 21.7 Å². The first-order chi connectivity index (χ1) is 13.7. The van der Waals surface area contributed by atoms with Crippen LogP contribution in [0.3, 0.4) is 0 Å². The van der Waals surface area contributed by atoms with Gasteiger partial charge >= 0.3 is 0 Å². The highest BCUT2D eigenvalue weighted by Gasteiger charge is 2.19. The lowest BCUT2D eigenvalue weighted by Crippen LogP contribution is -2.46. The molecule has 1 aliphatic rings. The molecule has 144 valence electrons. The third-order valence-electron chi connectivity index (χ3n) is 4.82. The molecule has 1 saturated heterocycles. The summed E-state index contributed by atoms with van der Waals surface area (Å²) in [6, 6.07) is 12.6. The van der Waals surface area contributed by atoms with E-state index in [1.165, 1.54) is 12.1 Å². The normalized spacial score (nSPS) is 14.2. The number of benzene rings is 1. The Morgan fingerprint density at radius 1 is 1.00 bits per heavy atom. The molecule has 28 heavy (non-hydrogen) atoms. The quantitative estimate of drug-likeness (QED) is 0.736. The maximum Gasteiger partial charge on any atom is 0.134 e. The van der Waals surface area contributed by atoms with Gasteiger partial charge in [0.1, 0.15) is 23.3 Å². The maximum absolute atomic E-state index is 13.1. The van der Waals surface area contributed by atoms with Gasteiger partial charge in [0.2, 0.25) is 0 Å². The van der Waals surface area contributed by atoms with Crippen LogP contribution in [0.2, 0.25) is 0 Å². The molecule has 0 unspecified atom stereocenters. The zero-order valence-corrected chi connectivity index (χ0v) is 15.8. The molecule has 0 aliphatic carbocycles. The molecular formula is C21H23FN6. The fourth-order valence-electron chi connectivity index (χ4n) is 3.35. The number of pyridine rings is 1. The van der Waals surface area contributed by atoms with E-state index in [4.69, 9.17) is 0 Å². The van der Waals surface area contributed by atoms with Gasteiger partial charge in [-0.1, -0.05) is 6.07 Å². The van der Waals surface area contributed by atoms with Crippen molar-refractivity contribution in [3.8, 4) is 0 Å². The van der Waals surface area contributed by atoms with Crippen molar-refractivity contribution in [2.45, 2.75) is 13.5 Å². The standard InChI is InChI=1S/C21H23FN6/c1-16-25-20(24-15-17-3-2-8-23-14-17)13-21(26-16)28-11-9-27(10-12-28)19-6-4-18(22)5-7-19/h2-8,13-14H,9-12,15H2,1H3,(H,24,25,26). The largest absolute Gasteiger partial charge is 0.368 e. The van der Waals surface area contributed by atoms with Gasteiger partial charge in [0.15, 0.2) is 0 Å². The molecule has 3 aromatic rings. The lowest BCUT2D eigenvalue weighted by atomic mass is 10.2. The summed E-state index contributed by atoms with van der Waals surface area (Å²) in [6.07, 6.45) is 3.61. The molecule has 0 amide bonds. The zero-order chi connectivity index (χ0) is 19.3. The molecule has 7 heteroatoms. The first-order valence-corrected chi connectivity index (χ1v) is 9.41. The average molecular weight is 378 g/mol. The summed E-state index contributed by atoms with van der Waals surface area (Å²) >= 11 is 0. The van der Waals surface area contributed by atoms with E-state index in [1.807, 2.05) is 43.5 Å². The Hall–Kier alpha value is -3.22. The Kier molecular flexibility index (Phi) is 5.32. The summed E-state index contributed by atoms with van der Waals surface area (Å²) < 4.78 is 13.1. The van der Waals surface area contributed by atoms with Gasteiger partial charge in [-0.3, -0.25) is 4.98 Å². The number of aryl methyl sites for hydroxylation is 1. The number of nitrogens with zero attached hydrogens (tertiary/aromatic N) is 5. The highest BCUT2D eigenvalue weighted by Crippen LogP contribution is 2.21. The Labute approximate surface area is 164 Å². The van der Waals surface area contributed by atoms with Gasteiger partial charge in [0.25, 0.3) is 0 Å². The molecular weight excluding hydrogens is 355 g/mol. The van der Waals surface area contributed by atoms with Gasteiger partial charge in [-0.15, -0.1) is 0 Å². The molecule has 0 saturated carbocycles. The Morgan fingerprint density at radius 3 is 2.46 bits per heavy atom. The SMILES string of the molecule is Cc1nc(NCc2cccnc2)cc(N2CCN(c3ccc(F)cc3)CC2)n1. The number of aromatic nitrogens is 3. The summed E-state index contributed by atoms with van der Waals surface area (Å²) in [6.45, 7) is 6.03. The number of nitrogens with one attached hydrogen (secondary N) is 1. The first-order valence-electron chi connectivity index (χ1n) is 9.41. The second kappa shape index (κ2) is 8.21. The highest BCUT2D eigenvalue weighted by atomic mass is 19.1. The van der Waals surface area contributed by atoms with Gasteiger partial charge in [0, 0.05) is 56.9 Å². The highest BCUT2D eigenvalue weighted by molar-refractivity contribution is 5.53. The lowest BCUT2D eigenvalue weighted by molar-refractivity contribution is 0.624. The second-order valence-corrected chi connectivity index (χ2v) is 6.82. The predicted molar refractivity (Wildman–Crippen MR) is 109 cm³/mol. The van der Waals surface area contributed by atoms with Crippen molar-refractivity contribution in [3.63, 3.8) is 0 Å². The number of piperazine rings is 1. The minimum atomic E-state index is -0.204. The molecule has 6 nitrogen and oxygen atoms in total. The van der Waals surface area contributed by atoms with Gasteiger partial charge in [-0.2, -0.15) is 0 Å². The number of halogens is 1. The molecule has 1 N–H and O–H groups in total. The number of rotatable bonds is 5. The van der Waals surface area contributed by atoms with Crippen LogP contribution in [-0.4, -0.2) is 41.1 Å². The van der Waals surface area contributed by atoms with Gasteiger partial charge < -0.3 is 15.1 Å². The lowest BCUT2D eigenvalue weighted by Gasteiger charge is -2.36. The molecule has 4 rings (SSSR count). The van der Waals surface area contributed by atoms with Crippen LogP contribution in [0.5, 0.6) is 0 Å². The smallest absolute Gasteiger partial charge is 0.134 e. The molecule has 1 aliphatic heterocycles. The van der Waals surface area contributed by atoms with Crippen LogP contribution in [-0.2, 0) is 6.54 Å². The van der Waals surface area contributed by atoms with Crippen LogP contribution >= 0.6 is 0 Å². The molecule has 0 bridgehead atoms. The van der Waals surface area contributed by atoms with Crippen molar-refractivity contribution in [1.82, 2.24) is 15.0 Å². The summed E-state index contributed by atoms with van der Waals surface area (Å²) in [5.74, 6) is 2.28. The molecule has 0 radical (unpaired) electrons. The summed E-state index contributed by atoms with van der Waals surface area (Å²) in [5.41, 5.74) is 2.16. The van der Waals surface area contributed by atoms with Crippen LogP contribution < -0.4 is 15.1 Å². The number of hydrogen-bond acceptors (Lipinski definition) is 6. The fraction of sp³-hybridized carbons (Fsp3) is 0.286. The summed E-state index contributed by atoms with van der Waals surface area (Å²) in [7, 11) is 0. The third kappa shape index (κ3) is 4.36. The van der Waals surface area contributed by atoms with Crippen molar-refractivity contribution in [2.24, 2.45) is 0 Å². The summed E-state index contributed by atoms with van der Waals surface area (Å²) in [5, 5.41) is 3.36. The topological polar surface area (TPSA) is 57.2 Å². The number of anilines is 3. The second-order valence-electron chi connectivity index (χ2n) is 6.82. The molecule has 2 aromatic heterocycles. The van der Waals surface area contributed by atoms with E-state index in [-0.39, 0.29) is 5.82 Å². The van der Waals surface area contributed by atoms with Crippen molar-refractivity contribution >= 4 is 17.3 Å². The van der Waals surface area contributed by atoms with Gasteiger partial charge in [0.05, 0.1) is 0 Å². The van der Waals surface area contributed by atoms with E-state index in [9.17, 15) is 4.39 Å². The van der Waals surface area contributed by atoms with Crippen molar-refractivity contribution in [2.75, 3.05) is 41.3 Å². The van der Waals surface area contributed by atoms with Crippen LogP contribution in [0.25, 0.3) is 0 Å².